The van der Waals surface area contributed by atoms with E-state index in [4.69, 9.17) is 4.74 Å². The summed E-state index contributed by atoms with van der Waals surface area (Å²) in [5.74, 6) is -0.824. The lowest BCUT2D eigenvalue weighted by Crippen LogP contribution is -2.22. The maximum atomic E-state index is 12.9. The number of esters is 1. The Kier molecular flexibility index (Phi) is 5.30. The summed E-state index contributed by atoms with van der Waals surface area (Å²) in [6, 6.07) is 15.1. The van der Waals surface area contributed by atoms with Crippen LogP contribution in [-0.2, 0) is 22.4 Å². The smallest absolute Gasteiger partial charge is 0.339 e. The normalized spacial score (nSPS) is 12.6. The van der Waals surface area contributed by atoms with Crippen LogP contribution in [0, 0.1) is 0 Å². The van der Waals surface area contributed by atoms with Crippen molar-refractivity contribution in [2.45, 2.75) is 24.2 Å². The average Bonchev–Trinajstić information content (AvgIpc) is 3.18. The molecule has 0 atom stereocenters. The van der Waals surface area contributed by atoms with Crippen LogP contribution in [0.15, 0.2) is 53.4 Å². The molecule has 0 radical (unpaired) electrons. The van der Waals surface area contributed by atoms with Gasteiger partial charge in [0.05, 0.1) is 16.8 Å². The van der Waals surface area contributed by atoms with Crippen molar-refractivity contribution >= 4 is 40.2 Å². The summed E-state index contributed by atoms with van der Waals surface area (Å²) in [7, 11) is 0. The molecule has 0 aliphatic heterocycles. The van der Waals surface area contributed by atoms with Gasteiger partial charge in [0.2, 0.25) is 0 Å². The van der Waals surface area contributed by atoms with Gasteiger partial charge in [-0.25, -0.2) is 4.79 Å². The molecule has 0 saturated carbocycles. The highest BCUT2D eigenvalue weighted by Gasteiger charge is 2.25. The molecule has 0 bridgehead atoms. The molecule has 1 aliphatic carbocycles. The van der Waals surface area contributed by atoms with Gasteiger partial charge in [-0.2, -0.15) is 0 Å². The minimum atomic E-state index is -0.468. The number of nitrogens with one attached hydrogen (secondary N) is 1. The molecule has 1 aliphatic rings. The molecule has 0 saturated heterocycles. The molecule has 6 heteroatoms. The molecule has 0 spiro atoms. The largest absolute Gasteiger partial charge is 0.452 e. The maximum Gasteiger partial charge on any atom is 0.339 e. The van der Waals surface area contributed by atoms with Gasteiger partial charge in [-0.05, 0) is 49.3 Å². The lowest BCUT2D eigenvalue weighted by atomic mass is 10.0. The van der Waals surface area contributed by atoms with E-state index in [9.17, 15) is 9.59 Å². The number of rotatable bonds is 5. The summed E-state index contributed by atoms with van der Waals surface area (Å²) < 4.78 is 5.38. The molecule has 28 heavy (non-hydrogen) atoms. The molecule has 1 aromatic heterocycles. The monoisotopic (exact) mass is 392 g/mol. The van der Waals surface area contributed by atoms with E-state index in [-0.39, 0.29) is 12.5 Å². The Morgan fingerprint density at radius 2 is 1.89 bits per heavy atom. The number of carbonyl (C=O) groups excluding carboxylic acids is 2. The number of benzene rings is 2. The van der Waals surface area contributed by atoms with Crippen LogP contribution in [0.3, 0.4) is 0 Å². The van der Waals surface area contributed by atoms with E-state index in [0.29, 0.717) is 11.3 Å². The average molecular weight is 392 g/mol. The van der Waals surface area contributed by atoms with Gasteiger partial charge in [0.25, 0.3) is 5.91 Å². The first-order chi connectivity index (χ1) is 13.7. The van der Waals surface area contributed by atoms with E-state index in [2.05, 4.69) is 10.3 Å². The Bertz CT molecular complexity index is 1060. The lowest BCUT2D eigenvalue weighted by Gasteiger charge is -2.13. The number of anilines is 1. The molecule has 142 valence electrons. The van der Waals surface area contributed by atoms with Crippen molar-refractivity contribution in [3.05, 3.63) is 65.4 Å². The van der Waals surface area contributed by atoms with E-state index in [1.54, 1.807) is 11.8 Å². The molecule has 4 rings (SSSR count). The van der Waals surface area contributed by atoms with Gasteiger partial charge in [-0.3, -0.25) is 9.78 Å². The number of hydrogen-bond acceptors (Lipinski definition) is 5. The summed E-state index contributed by atoms with van der Waals surface area (Å²) in [6.07, 6.45) is 4.60. The Morgan fingerprint density at radius 3 is 2.75 bits per heavy atom. The first kappa shape index (κ1) is 18.5. The summed E-state index contributed by atoms with van der Waals surface area (Å²) in [4.78, 5) is 30.8. The molecular formula is C22H20N2O3S. The number of fused-ring (bicyclic) bond motifs is 2. The van der Waals surface area contributed by atoms with Gasteiger partial charge in [0.1, 0.15) is 0 Å². The van der Waals surface area contributed by atoms with Crippen LogP contribution in [0.25, 0.3) is 10.9 Å². The number of nitrogens with zero attached hydrogens (tertiary/aromatic N) is 1. The summed E-state index contributed by atoms with van der Waals surface area (Å²) >= 11 is 1.54. The van der Waals surface area contributed by atoms with Crippen LogP contribution >= 0.6 is 11.8 Å². The number of para-hydroxylation sites is 2. The zero-order chi connectivity index (χ0) is 19.5. The van der Waals surface area contributed by atoms with Crippen LogP contribution < -0.4 is 5.32 Å². The van der Waals surface area contributed by atoms with Crippen molar-refractivity contribution in [2.24, 2.45) is 0 Å². The molecule has 1 amide bonds. The highest BCUT2D eigenvalue weighted by Crippen LogP contribution is 2.30. The van der Waals surface area contributed by atoms with Gasteiger partial charge < -0.3 is 10.1 Å². The number of thioether (sulfide) groups is 1. The minimum absolute atomic E-state index is 0.326. The highest BCUT2D eigenvalue weighted by atomic mass is 32.2. The van der Waals surface area contributed by atoms with Crippen molar-refractivity contribution in [3.63, 3.8) is 0 Å². The predicted octanol–water partition coefficient (Wildman–Crippen LogP) is 4.24. The standard InChI is InChI=1S/C22H20N2O3S/c1-28-19-12-5-4-10-18(19)24-20(25)13-27-22(26)21-14-7-2-3-9-16(14)23-17-11-6-8-15(17)21/h2-5,7,9-10,12H,6,8,11,13H2,1H3,(H,24,25). The fraction of sp³-hybridized carbons (Fsp3) is 0.227. The third kappa shape index (κ3) is 3.60. The van der Waals surface area contributed by atoms with Gasteiger partial charge in [-0.1, -0.05) is 30.3 Å². The van der Waals surface area contributed by atoms with Crippen LogP contribution in [0.2, 0.25) is 0 Å². The zero-order valence-corrected chi connectivity index (χ0v) is 16.3. The lowest BCUT2D eigenvalue weighted by molar-refractivity contribution is -0.119. The molecule has 1 N–H and O–H groups in total. The summed E-state index contributed by atoms with van der Waals surface area (Å²) in [6.45, 7) is -0.326. The molecule has 5 nitrogen and oxygen atoms in total. The van der Waals surface area contributed by atoms with Gasteiger partial charge in [0.15, 0.2) is 6.61 Å². The summed E-state index contributed by atoms with van der Waals surface area (Å²) in [5, 5.41) is 3.59. The number of aromatic nitrogens is 1. The van der Waals surface area contributed by atoms with Crippen LogP contribution in [0.4, 0.5) is 5.69 Å². The number of carbonyl (C=O) groups is 2. The van der Waals surface area contributed by atoms with Crippen LogP contribution in [0.1, 0.15) is 28.0 Å². The fourth-order valence-corrected chi connectivity index (χ4v) is 4.14. The Labute approximate surface area is 167 Å². The van der Waals surface area contributed by atoms with E-state index in [0.717, 1.165) is 46.3 Å². The molecule has 3 aromatic rings. The summed E-state index contributed by atoms with van der Waals surface area (Å²) in [5.41, 5.74) is 3.97. The van der Waals surface area contributed by atoms with Crippen molar-refractivity contribution < 1.29 is 14.3 Å². The second-order valence-corrected chi connectivity index (χ2v) is 7.46. The zero-order valence-electron chi connectivity index (χ0n) is 15.5. The third-order valence-electron chi connectivity index (χ3n) is 4.84. The predicted molar refractivity (Wildman–Crippen MR) is 111 cm³/mol. The minimum Gasteiger partial charge on any atom is -0.452 e. The number of ether oxygens (including phenoxy) is 1. The molecule has 1 heterocycles. The molecule has 0 unspecified atom stereocenters. The number of aryl methyl sites for hydroxylation is 1. The first-order valence-corrected chi connectivity index (χ1v) is 10.4. The number of pyridine rings is 1. The van der Waals surface area contributed by atoms with E-state index in [1.807, 2.05) is 54.8 Å². The van der Waals surface area contributed by atoms with Gasteiger partial charge >= 0.3 is 5.97 Å². The van der Waals surface area contributed by atoms with Crippen LogP contribution in [0.5, 0.6) is 0 Å². The van der Waals surface area contributed by atoms with Crippen molar-refractivity contribution in [3.8, 4) is 0 Å². The Morgan fingerprint density at radius 1 is 1.11 bits per heavy atom. The number of amides is 1. The van der Waals surface area contributed by atoms with Crippen LogP contribution in [-0.4, -0.2) is 29.7 Å². The second kappa shape index (κ2) is 8.02. The van der Waals surface area contributed by atoms with Crippen molar-refractivity contribution in [2.75, 3.05) is 18.2 Å². The molecular weight excluding hydrogens is 372 g/mol. The van der Waals surface area contributed by atoms with Crippen molar-refractivity contribution in [1.29, 1.82) is 0 Å². The maximum absolute atomic E-state index is 12.9. The number of hydrogen-bond donors (Lipinski definition) is 1. The highest BCUT2D eigenvalue weighted by molar-refractivity contribution is 7.98. The topological polar surface area (TPSA) is 68.3 Å². The second-order valence-electron chi connectivity index (χ2n) is 6.61. The Hall–Kier alpha value is -2.86. The van der Waals surface area contributed by atoms with Gasteiger partial charge in [0, 0.05) is 16.0 Å². The fourth-order valence-electron chi connectivity index (χ4n) is 3.58. The quantitative estimate of drug-likeness (QED) is 0.520. The molecule has 0 fully saturated rings. The van der Waals surface area contributed by atoms with E-state index in [1.165, 1.54) is 0 Å². The van der Waals surface area contributed by atoms with Gasteiger partial charge in [-0.15, -0.1) is 11.8 Å². The molecule has 2 aromatic carbocycles. The third-order valence-corrected chi connectivity index (χ3v) is 5.63. The van der Waals surface area contributed by atoms with E-state index >= 15 is 0 Å². The SMILES string of the molecule is CSc1ccccc1NC(=O)COC(=O)c1c2c(nc3ccccc13)CCC2. The van der Waals surface area contributed by atoms with Crippen molar-refractivity contribution in [1.82, 2.24) is 4.98 Å². The Balaban J connectivity index is 1.52. The first-order valence-electron chi connectivity index (χ1n) is 9.18. The van der Waals surface area contributed by atoms with E-state index < -0.39 is 5.97 Å².